The molecule has 4 atom stereocenters. The minimum Gasteiger partial charge on any atom is -0.465 e. The van der Waals surface area contributed by atoms with Crippen LogP contribution in [0.15, 0.2) is 18.2 Å². The fourth-order valence-corrected chi connectivity index (χ4v) is 3.94. The number of carbonyl (C=O) groups is 4. The Morgan fingerprint density at radius 3 is 2.63 bits per heavy atom. The van der Waals surface area contributed by atoms with E-state index in [0.29, 0.717) is 6.42 Å². The van der Waals surface area contributed by atoms with Gasteiger partial charge in [0.05, 0.1) is 17.1 Å². The topological polar surface area (TPSA) is 121 Å². The first-order chi connectivity index (χ1) is 12.6. The van der Waals surface area contributed by atoms with E-state index in [-0.39, 0.29) is 17.2 Å². The van der Waals surface area contributed by atoms with E-state index in [0.717, 1.165) is 12.1 Å². The van der Waals surface area contributed by atoms with Crippen LogP contribution in [0.3, 0.4) is 0 Å². The first-order valence-corrected chi connectivity index (χ1v) is 8.75. The van der Waals surface area contributed by atoms with Crippen LogP contribution in [0.1, 0.15) is 30.6 Å². The molecule has 0 bridgehead atoms. The molecule has 0 amide bonds. The van der Waals surface area contributed by atoms with Gasteiger partial charge in [0.1, 0.15) is 11.3 Å². The summed E-state index contributed by atoms with van der Waals surface area (Å²) >= 11 is 5.75. The molecular formula is C18H16ClNO7. The first-order valence-electron chi connectivity index (χ1n) is 8.38. The molecule has 0 saturated heterocycles. The predicted octanol–water partition coefficient (Wildman–Crippen LogP) is 2.40. The Balaban J connectivity index is 2.05. The van der Waals surface area contributed by atoms with E-state index in [1.807, 2.05) is 0 Å². The Morgan fingerprint density at radius 2 is 2.04 bits per heavy atom. The lowest BCUT2D eigenvalue weighted by atomic mass is 9.67. The van der Waals surface area contributed by atoms with Crippen LogP contribution >= 0.6 is 11.6 Å². The molecule has 0 spiro atoms. The zero-order chi connectivity index (χ0) is 20.1. The highest BCUT2D eigenvalue weighted by Gasteiger charge is 2.69. The van der Waals surface area contributed by atoms with E-state index in [9.17, 15) is 29.3 Å². The monoisotopic (exact) mass is 393 g/mol. The van der Waals surface area contributed by atoms with E-state index >= 15 is 0 Å². The summed E-state index contributed by atoms with van der Waals surface area (Å²) in [5.74, 6) is -6.09. The highest BCUT2D eigenvalue weighted by molar-refractivity contribution is 6.33. The molecule has 9 heteroatoms. The molecule has 3 rings (SSSR count). The van der Waals surface area contributed by atoms with Crippen molar-refractivity contribution in [3.63, 3.8) is 0 Å². The lowest BCUT2D eigenvalue weighted by Gasteiger charge is -2.32. The van der Waals surface area contributed by atoms with Crippen molar-refractivity contribution in [1.82, 2.24) is 0 Å². The molecule has 8 nitrogen and oxygen atoms in total. The number of ether oxygens (including phenoxy) is 1. The number of rotatable bonds is 5. The number of nitrogens with zero attached hydrogens (tertiary/aromatic N) is 1. The summed E-state index contributed by atoms with van der Waals surface area (Å²) in [5, 5.41) is 11.3. The summed E-state index contributed by atoms with van der Waals surface area (Å²) in [5.41, 5.74) is -2.60. The molecule has 142 valence electrons. The van der Waals surface area contributed by atoms with Gasteiger partial charge in [-0.2, -0.15) is 0 Å². The minimum atomic E-state index is -1.76. The third-order valence-corrected chi connectivity index (χ3v) is 5.57. The number of nitro groups is 1. The maximum Gasteiger partial charge on any atom is 0.319 e. The number of ketones is 3. The summed E-state index contributed by atoms with van der Waals surface area (Å²) in [6.07, 6.45) is 0.312. The number of nitro benzene ring substituents is 1. The van der Waals surface area contributed by atoms with Crippen molar-refractivity contribution < 1.29 is 28.8 Å². The third kappa shape index (κ3) is 2.84. The van der Waals surface area contributed by atoms with Gasteiger partial charge in [-0.05, 0) is 38.3 Å². The van der Waals surface area contributed by atoms with E-state index in [1.54, 1.807) is 6.92 Å². The van der Waals surface area contributed by atoms with E-state index in [4.69, 9.17) is 16.3 Å². The summed E-state index contributed by atoms with van der Waals surface area (Å²) < 4.78 is 4.99. The Bertz CT molecular complexity index is 896. The van der Waals surface area contributed by atoms with Crippen molar-refractivity contribution in [3.8, 4) is 0 Å². The Labute approximate surface area is 159 Å². The number of carbonyl (C=O) groups excluding carboxylic acids is 4. The Morgan fingerprint density at radius 1 is 1.37 bits per heavy atom. The molecule has 2 fully saturated rings. The van der Waals surface area contributed by atoms with Crippen LogP contribution in [0.5, 0.6) is 0 Å². The van der Waals surface area contributed by atoms with Gasteiger partial charge in [-0.1, -0.05) is 11.6 Å². The SMILES string of the molecule is CCOC(=O)C1(C)C(=O)C(C(=O)c2ccc(Cl)cc2[N+](=O)[O-])C(=O)[C@@H]2C[C@H]21. The van der Waals surface area contributed by atoms with E-state index < -0.39 is 57.1 Å². The van der Waals surface area contributed by atoms with Crippen LogP contribution in [-0.2, 0) is 19.1 Å². The molecule has 1 aromatic carbocycles. The Hall–Kier alpha value is -2.61. The average molecular weight is 394 g/mol. The van der Waals surface area contributed by atoms with Gasteiger partial charge in [-0.25, -0.2) is 0 Å². The summed E-state index contributed by atoms with van der Waals surface area (Å²) in [7, 11) is 0. The number of hydrogen-bond donors (Lipinski definition) is 0. The van der Waals surface area contributed by atoms with Gasteiger partial charge in [-0.15, -0.1) is 0 Å². The molecule has 2 aliphatic rings. The molecule has 0 N–H and O–H groups in total. The number of hydrogen-bond acceptors (Lipinski definition) is 7. The molecule has 0 aliphatic heterocycles. The maximum absolute atomic E-state index is 13.0. The smallest absolute Gasteiger partial charge is 0.319 e. The molecule has 2 aliphatic carbocycles. The summed E-state index contributed by atoms with van der Waals surface area (Å²) in [6, 6.07) is 3.37. The van der Waals surface area contributed by atoms with E-state index in [2.05, 4.69) is 0 Å². The average Bonchev–Trinajstić information content (AvgIpc) is 3.41. The minimum absolute atomic E-state index is 0.0400. The van der Waals surface area contributed by atoms with Gasteiger partial charge in [0, 0.05) is 17.0 Å². The largest absolute Gasteiger partial charge is 0.465 e. The van der Waals surface area contributed by atoms with Gasteiger partial charge >= 0.3 is 5.97 Å². The summed E-state index contributed by atoms with van der Waals surface area (Å²) in [6.45, 7) is 3.01. The van der Waals surface area contributed by atoms with Crippen LogP contribution in [0, 0.1) is 33.3 Å². The van der Waals surface area contributed by atoms with Crippen molar-refractivity contribution in [3.05, 3.63) is 38.9 Å². The summed E-state index contributed by atoms with van der Waals surface area (Å²) in [4.78, 5) is 61.5. The normalized spacial score (nSPS) is 29.1. The highest BCUT2D eigenvalue weighted by atomic mass is 35.5. The molecular weight excluding hydrogens is 378 g/mol. The number of Topliss-reactive ketones (excluding diaryl/α,β-unsaturated/α-hetero) is 3. The second-order valence-corrected chi connectivity index (χ2v) is 7.29. The van der Waals surface area contributed by atoms with Crippen LogP contribution < -0.4 is 0 Å². The molecule has 0 radical (unpaired) electrons. The zero-order valence-electron chi connectivity index (χ0n) is 14.6. The van der Waals surface area contributed by atoms with Crippen molar-refractivity contribution in [1.29, 1.82) is 0 Å². The van der Waals surface area contributed by atoms with Crippen LogP contribution in [0.25, 0.3) is 0 Å². The quantitative estimate of drug-likeness (QED) is 0.247. The fraction of sp³-hybridized carbons (Fsp3) is 0.444. The molecule has 2 saturated carbocycles. The van der Waals surface area contributed by atoms with Crippen molar-refractivity contribution in [2.45, 2.75) is 20.3 Å². The van der Waals surface area contributed by atoms with Gasteiger partial charge in [0.15, 0.2) is 17.3 Å². The van der Waals surface area contributed by atoms with Crippen LogP contribution in [0.2, 0.25) is 5.02 Å². The fourth-order valence-electron chi connectivity index (χ4n) is 3.77. The zero-order valence-corrected chi connectivity index (χ0v) is 15.3. The van der Waals surface area contributed by atoms with Gasteiger partial charge < -0.3 is 4.74 Å². The van der Waals surface area contributed by atoms with Gasteiger partial charge in [-0.3, -0.25) is 29.3 Å². The van der Waals surface area contributed by atoms with Crippen molar-refractivity contribution >= 4 is 40.6 Å². The molecule has 0 aromatic heterocycles. The predicted molar refractivity (Wildman–Crippen MR) is 92.3 cm³/mol. The van der Waals surface area contributed by atoms with Crippen molar-refractivity contribution in [2.75, 3.05) is 6.61 Å². The molecule has 0 heterocycles. The first kappa shape index (κ1) is 19.2. The van der Waals surface area contributed by atoms with Gasteiger partial charge in [0.25, 0.3) is 5.69 Å². The number of benzene rings is 1. The number of fused-ring (bicyclic) bond motifs is 1. The molecule has 1 aromatic rings. The van der Waals surface area contributed by atoms with Crippen molar-refractivity contribution in [2.24, 2.45) is 23.2 Å². The second-order valence-electron chi connectivity index (χ2n) is 6.85. The lowest BCUT2D eigenvalue weighted by molar-refractivity contribution is -0.385. The number of halogens is 1. The molecule has 2 unspecified atom stereocenters. The van der Waals surface area contributed by atoms with Gasteiger partial charge in [0.2, 0.25) is 0 Å². The maximum atomic E-state index is 13.0. The second kappa shape index (κ2) is 6.53. The lowest BCUT2D eigenvalue weighted by Crippen LogP contribution is -2.52. The third-order valence-electron chi connectivity index (χ3n) is 5.34. The van der Waals surface area contributed by atoms with E-state index in [1.165, 1.54) is 13.0 Å². The van der Waals surface area contributed by atoms with Crippen LogP contribution in [-0.4, -0.2) is 34.8 Å². The van der Waals surface area contributed by atoms with Crippen LogP contribution in [0.4, 0.5) is 5.69 Å². The standard InChI is InChI=1S/C18H16ClNO7/c1-3-27-17(24)18(2)11-7-10(11)15(22)13(16(18)23)14(21)9-5-4-8(19)6-12(9)20(25)26/h4-6,10-11,13H,3,7H2,1-2H3/t10-,11-,13?,18?/m1/s1. The Kier molecular flexibility index (Phi) is 4.63. The highest BCUT2D eigenvalue weighted by Crippen LogP contribution is 2.58. The number of esters is 1. The molecule has 27 heavy (non-hydrogen) atoms.